The predicted octanol–water partition coefficient (Wildman–Crippen LogP) is 4.33. The number of thiophene rings is 1. The lowest BCUT2D eigenvalue weighted by molar-refractivity contribution is -0.139. The molecule has 2 aromatic rings. The summed E-state index contributed by atoms with van der Waals surface area (Å²) in [5.41, 5.74) is 3.48. The van der Waals surface area contributed by atoms with Gasteiger partial charge < -0.3 is 10.1 Å². The zero-order valence-electron chi connectivity index (χ0n) is 14.4. The van der Waals surface area contributed by atoms with E-state index in [1.54, 1.807) is 11.3 Å². The van der Waals surface area contributed by atoms with Crippen LogP contribution in [0, 0.1) is 6.92 Å². The third-order valence-corrected chi connectivity index (χ3v) is 5.34. The van der Waals surface area contributed by atoms with Crippen molar-refractivity contribution in [3.8, 4) is 0 Å². The van der Waals surface area contributed by atoms with Gasteiger partial charge >= 0.3 is 5.97 Å². The van der Waals surface area contributed by atoms with Gasteiger partial charge in [-0.05, 0) is 56.6 Å². The van der Waals surface area contributed by atoms with Gasteiger partial charge in [-0.1, -0.05) is 23.8 Å². The zero-order valence-corrected chi connectivity index (χ0v) is 16.0. The second kappa shape index (κ2) is 7.37. The Morgan fingerprint density at radius 2 is 2.00 bits per heavy atom. The number of aryl methyl sites for hydroxylation is 1. The molecule has 130 valence electrons. The third-order valence-electron chi connectivity index (χ3n) is 4.10. The smallest absolute Gasteiger partial charge is 0.338 e. The van der Waals surface area contributed by atoms with E-state index in [0.29, 0.717) is 17.3 Å². The summed E-state index contributed by atoms with van der Waals surface area (Å²) in [6.07, 6.45) is 0. The van der Waals surface area contributed by atoms with Gasteiger partial charge in [0.05, 0.1) is 18.2 Å². The molecule has 0 spiro atoms. The van der Waals surface area contributed by atoms with Crippen molar-refractivity contribution in [2.24, 2.45) is 0 Å². The van der Waals surface area contributed by atoms with Crippen molar-refractivity contribution >= 4 is 40.3 Å². The average Bonchev–Trinajstić information content (AvgIpc) is 3.10. The lowest BCUT2D eigenvalue weighted by Crippen LogP contribution is -2.47. The van der Waals surface area contributed by atoms with Crippen LogP contribution < -0.4 is 10.2 Å². The topological polar surface area (TPSA) is 41.6 Å². The monoisotopic (exact) mass is 372 g/mol. The first-order valence-corrected chi connectivity index (χ1v) is 9.40. The van der Waals surface area contributed by atoms with Crippen molar-refractivity contribution in [1.29, 1.82) is 0 Å². The number of carbonyl (C=O) groups is 1. The van der Waals surface area contributed by atoms with Gasteiger partial charge in [0.1, 0.15) is 0 Å². The summed E-state index contributed by atoms with van der Waals surface area (Å²) < 4.78 is 5.32. The number of thiocarbonyl (C=S) groups is 1. The van der Waals surface area contributed by atoms with Crippen LogP contribution in [0.2, 0.25) is 0 Å². The molecule has 3 rings (SSSR count). The number of nitrogens with one attached hydrogen (secondary N) is 1. The van der Waals surface area contributed by atoms with Crippen LogP contribution in [0.4, 0.5) is 5.69 Å². The molecular formula is C19H20N2O2S2. The number of ether oxygens (including phenoxy) is 1. The SMILES string of the molecule is CCOC(=O)C1=C(C)N(c2ccc(C)cc2)C(=S)N[C@H]1c1cccs1. The summed E-state index contributed by atoms with van der Waals surface area (Å²) in [4.78, 5) is 15.6. The molecule has 1 aromatic carbocycles. The molecule has 0 bridgehead atoms. The number of benzene rings is 1. The van der Waals surface area contributed by atoms with E-state index in [1.165, 1.54) is 5.56 Å². The Morgan fingerprint density at radius 1 is 1.28 bits per heavy atom. The fourth-order valence-electron chi connectivity index (χ4n) is 2.89. The van der Waals surface area contributed by atoms with Crippen LogP contribution in [0.25, 0.3) is 0 Å². The van der Waals surface area contributed by atoms with Crippen LogP contribution in [-0.4, -0.2) is 17.7 Å². The number of esters is 1. The van der Waals surface area contributed by atoms with Crippen LogP contribution in [0.1, 0.15) is 30.3 Å². The highest BCUT2D eigenvalue weighted by Gasteiger charge is 2.35. The fourth-order valence-corrected chi connectivity index (χ4v) is 4.03. The van der Waals surface area contributed by atoms with Gasteiger partial charge in [-0.3, -0.25) is 4.90 Å². The first-order chi connectivity index (χ1) is 12.0. The Kier molecular flexibility index (Phi) is 5.20. The van der Waals surface area contributed by atoms with Crippen molar-refractivity contribution in [3.63, 3.8) is 0 Å². The van der Waals surface area contributed by atoms with Crippen LogP contribution in [0.5, 0.6) is 0 Å². The molecular weight excluding hydrogens is 352 g/mol. The maximum atomic E-state index is 12.7. The van der Waals surface area contributed by atoms with Gasteiger partial charge in [0, 0.05) is 16.3 Å². The Labute approximate surface area is 157 Å². The lowest BCUT2D eigenvalue weighted by atomic mass is 10.00. The highest BCUT2D eigenvalue weighted by molar-refractivity contribution is 7.80. The van der Waals surface area contributed by atoms with Crippen molar-refractivity contribution < 1.29 is 9.53 Å². The normalized spacial score (nSPS) is 17.5. The zero-order chi connectivity index (χ0) is 18.0. The van der Waals surface area contributed by atoms with Gasteiger partial charge in [0.25, 0.3) is 0 Å². The Morgan fingerprint density at radius 3 is 2.60 bits per heavy atom. The van der Waals surface area contributed by atoms with Crippen LogP contribution in [0.15, 0.2) is 53.0 Å². The van der Waals surface area contributed by atoms with Crippen molar-refractivity contribution in [3.05, 3.63) is 63.5 Å². The molecule has 0 amide bonds. The molecule has 6 heteroatoms. The van der Waals surface area contributed by atoms with E-state index >= 15 is 0 Å². The molecule has 1 atom stereocenters. The minimum absolute atomic E-state index is 0.284. The molecule has 0 fully saturated rings. The minimum atomic E-state index is -0.314. The van der Waals surface area contributed by atoms with Crippen LogP contribution >= 0.6 is 23.6 Å². The van der Waals surface area contributed by atoms with Crippen LogP contribution in [-0.2, 0) is 9.53 Å². The Balaban J connectivity index is 2.10. The number of carbonyl (C=O) groups excluding carboxylic acids is 1. The van der Waals surface area contributed by atoms with E-state index < -0.39 is 0 Å². The molecule has 2 heterocycles. The lowest BCUT2D eigenvalue weighted by Gasteiger charge is -2.37. The second-order valence-electron chi connectivity index (χ2n) is 5.79. The first-order valence-electron chi connectivity index (χ1n) is 8.11. The van der Waals surface area contributed by atoms with E-state index in [0.717, 1.165) is 16.3 Å². The van der Waals surface area contributed by atoms with E-state index in [2.05, 4.69) is 5.32 Å². The Hall–Kier alpha value is -2.18. The Bertz CT molecular complexity index is 810. The number of hydrogen-bond acceptors (Lipinski definition) is 4. The summed E-state index contributed by atoms with van der Waals surface area (Å²) in [7, 11) is 0. The molecule has 0 saturated carbocycles. The van der Waals surface area contributed by atoms with Crippen molar-refractivity contribution in [2.45, 2.75) is 26.8 Å². The van der Waals surface area contributed by atoms with E-state index in [1.807, 2.05) is 67.4 Å². The summed E-state index contributed by atoms with van der Waals surface area (Å²) in [5, 5.41) is 5.88. The molecule has 4 nitrogen and oxygen atoms in total. The summed E-state index contributed by atoms with van der Waals surface area (Å²) >= 11 is 7.20. The highest BCUT2D eigenvalue weighted by atomic mass is 32.1. The highest BCUT2D eigenvalue weighted by Crippen LogP contribution is 2.35. The van der Waals surface area contributed by atoms with Gasteiger partial charge in [0.15, 0.2) is 5.11 Å². The van der Waals surface area contributed by atoms with E-state index in [-0.39, 0.29) is 12.0 Å². The van der Waals surface area contributed by atoms with Crippen molar-refractivity contribution in [1.82, 2.24) is 5.32 Å². The van der Waals surface area contributed by atoms with Gasteiger partial charge in [-0.2, -0.15) is 0 Å². The summed E-state index contributed by atoms with van der Waals surface area (Å²) in [6.45, 7) is 6.10. The maximum Gasteiger partial charge on any atom is 0.338 e. The fraction of sp³-hybridized carbons (Fsp3) is 0.263. The number of nitrogens with zero attached hydrogens (tertiary/aromatic N) is 1. The van der Waals surface area contributed by atoms with Gasteiger partial charge in [0.2, 0.25) is 0 Å². The average molecular weight is 373 g/mol. The molecule has 0 radical (unpaired) electrons. The molecule has 0 aliphatic carbocycles. The second-order valence-corrected chi connectivity index (χ2v) is 7.15. The minimum Gasteiger partial charge on any atom is -0.463 e. The molecule has 1 N–H and O–H groups in total. The molecule has 1 aromatic heterocycles. The molecule has 0 unspecified atom stereocenters. The number of rotatable bonds is 4. The molecule has 25 heavy (non-hydrogen) atoms. The number of anilines is 1. The van der Waals surface area contributed by atoms with Gasteiger partial charge in [-0.15, -0.1) is 11.3 Å². The first kappa shape index (κ1) is 17.6. The summed E-state index contributed by atoms with van der Waals surface area (Å²) in [5.74, 6) is -0.314. The van der Waals surface area contributed by atoms with Crippen LogP contribution in [0.3, 0.4) is 0 Å². The standard InChI is InChI=1S/C19H20N2O2S2/c1-4-23-18(22)16-13(3)21(14-9-7-12(2)8-10-14)19(24)20-17(16)15-6-5-11-25-15/h5-11,17H,4H2,1-3H3,(H,20,24)/t17-/m0/s1. The third kappa shape index (κ3) is 3.45. The quantitative estimate of drug-likeness (QED) is 0.639. The molecule has 1 aliphatic heterocycles. The molecule has 0 saturated heterocycles. The van der Waals surface area contributed by atoms with E-state index in [9.17, 15) is 4.79 Å². The predicted molar refractivity (Wildman–Crippen MR) is 106 cm³/mol. The molecule has 1 aliphatic rings. The summed E-state index contributed by atoms with van der Waals surface area (Å²) in [6, 6.07) is 11.7. The van der Waals surface area contributed by atoms with Gasteiger partial charge in [-0.25, -0.2) is 4.79 Å². The number of hydrogen-bond donors (Lipinski definition) is 1. The van der Waals surface area contributed by atoms with Crippen molar-refractivity contribution in [2.75, 3.05) is 11.5 Å². The maximum absolute atomic E-state index is 12.7. The largest absolute Gasteiger partial charge is 0.463 e. The van der Waals surface area contributed by atoms with E-state index in [4.69, 9.17) is 17.0 Å². The number of allylic oxidation sites excluding steroid dienone is 1.